The van der Waals surface area contributed by atoms with Gasteiger partial charge < -0.3 is 9.64 Å². The van der Waals surface area contributed by atoms with E-state index >= 15 is 0 Å². The van der Waals surface area contributed by atoms with E-state index < -0.39 is 0 Å². The van der Waals surface area contributed by atoms with Gasteiger partial charge in [-0.2, -0.15) is 4.40 Å². The molecule has 0 amide bonds. The minimum absolute atomic E-state index is 0.839. The molecular weight excluding hydrogens is 316 g/mol. The smallest absolute Gasteiger partial charge is 0.148 e. The average Bonchev–Trinajstić information content (AvgIpc) is 2.64. The number of nitrogens with zero attached hydrogens (tertiary/aromatic N) is 2. The van der Waals surface area contributed by atoms with E-state index in [9.17, 15) is 0 Å². The van der Waals surface area contributed by atoms with Gasteiger partial charge in [0.25, 0.3) is 0 Å². The van der Waals surface area contributed by atoms with Crippen LogP contribution in [0, 0.1) is 6.92 Å². The standard InChI is InChI=1S/C20H18N2OS/c1-15-4-8-17(9-5-15)23-18-10-6-16(7-11-18)19-3-2-12-22-13-14-24-21-20(19)22/h2-12H,13-14H2,1H3. The fourth-order valence-electron chi connectivity index (χ4n) is 2.74. The maximum atomic E-state index is 5.90. The molecule has 2 aliphatic heterocycles. The van der Waals surface area contributed by atoms with Crippen molar-refractivity contribution in [3.63, 3.8) is 0 Å². The van der Waals surface area contributed by atoms with Crippen molar-refractivity contribution in [3.05, 3.63) is 78.0 Å². The minimum atomic E-state index is 0.839. The first-order valence-electron chi connectivity index (χ1n) is 8.00. The summed E-state index contributed by atoms with van der Waals surface area (Å²) in [4.78, 5) is 2.21. The van der Waals surface area contributed by atoms with E-state index in [1.807, 2.05) is 24.3 Å². The van der Waals surface area contributed by atoms with E-state index in [1.165, 1.54) is 5.56 Å². The highest BCUT2D eigenvalue weighted by Gasteiger charge is 2.21. The van der Waals surface area contributed by atoms with Crippen molar-refractivity contribution >= 4 is 23.4 Å². The molecule has 0 fully saturated rings. The lowest BCUT2D eigenvalue weighted by molar-refractivity contribution is 0.482. The lowest BCUT2D eigenvalue weighted by Gasteiger charge is -2.29. The molecule has 4 heteroatoms. The molecule has 0 aromatic heterocycles. The molecule has 0 unspecified atom stereocenters. The lowest BCUT2D eigenvalue weighted by atomic mass is 10.0. The largest absolute Gasteiger partial charge is 0.457 e. The summed E-state index contributed by atoms with van der Waals surface area (Å²) in [5, 5.41) is 0. The summed E-state index contributed by atoms with van der Waals surface area (Å²) in [5.41, 5.74) is 3.54. The fraction of sp³-hybridized carbons (Fsp3) is 0.150. The molecule has 2 heterocycles. The van der Waals surface area contributed by atoms with Gasteiger partial charge in [0, 0.05) is 24.1 Å². The number of hydrogen-bond donors (Lipinski definition) is 0. The molecule has 0 spiro atoms. The molecule has 24 heavy (non-hydrogen) atoms. The van der Waals surface area contributed by atoms with Crippen LogP contribution in [0.3, 0.4) is 0 Å². The Labute approximate surface area is 146 Å². The minimum Gasteiger partial charge on any atom is -0.457 e. The van der Waals surface area contributed by atoms with Gasteiger partial charge >= 0.3 is 0 Å². The number of benzene rings is 2. The van der Waals surface area contributed by atoms with Crippen molar-refractivity contribution in [1.82, 2.24) is 4.90 Å². The van der Waals surface area contributed by atoms with E-state index in [-0.39, 0.29) is 0 Å². The molecule has 0 N–H and O–H groups in total. The van der Waals surface area contributed by atoms with E-state index in [0.29, 0.717) is 0 Å². The quantitative estimate of drug-likeness (QED) is 0.733. The van der Waals surface area contributed by atoms with Crippen LogP contribution < -0.4 is 4.74 Å². The number of fused-ring (bicyclic) bond motifs is 1. The molecule has 0 saturated carbocycles. The third-order valence-corrected chi connectivity index (χ3v) is 4.71. The third kappa shape index (κ3) is 3.10. The van der Waals surface area contributed by atoms with Crippen LogP contribution in [0.15, 0.2) is 71.3 Å². The summed E-state index contributed by atoms with van der Waals surface area (Å²) < 4.78 is 10.5. The Hall–Kier alpha value is -2.46. The molecule has 2 aromatic rings. The predicted molar refractivity (Wildman–Crippen MR) is 101 cm³/mol. The highest BCUT2D eigenvalue weighted by Crippen LogP contribution is 2.29. The van der Waals surface area contributed by atoms with Crippen molar-refractivity contribution in [2.75, 3.05) is 12.3 Å². The topological polar surface area (TPSA) is 24.8 Å². The Morgan fingerprint density at radius 1 is 1.00 bits per heavy atom. The summed E-state index contributed by atoms with van der Waals surface area (Å²) in [7, 11) is 0. The van der Waals surface area contributed by atoms with Crippen LogP contribution >= 0.6 is 11.9 Å². The number of amidine groups is 1. The van der Waals surface area contributed by atoms with Crippen LogP contribution in [0.25, 0.3) is 5.57 Å². The molecule has 0 atom stereocenters. The molecule has 0 radical (unpaired) electrons. The van der Waals surface area contributed by atoms with Crippen molar-refractivity contribution in [2.45, 2.75) is 6.92 Å². The lowest BCUT2D eigenvalue weighted by Crippen LogP contribution is -2.32. The van der Waals surface area contributed by atoms with Crippen molar-refractivity contribution < 1.29 is 4.74 Å². The second-order valence-electron chi connectivity index (χ2n) is 5.80. The SMILES string of the molecule is Cc1ccc(Oc2ccc(C3=CC=CN4CCSN=C34)cc2)cc1. The number of ether oxygens (including phenoxy) is 1. The maximum absolute atomic E-state index is 5.90. The van der Waals surface area contributed by atoms with Crippen LogP contribution in [0.2, 0.25) is 0 Å². The zero-order valence-electron chi connectivity index (χ0n) is 13.5. The van der Waals surface area contributed by atoms with Gasteiger partial charge in [-0.05, 0) is 60.9 Å². The molecule has 3 nitrogen and oxygen atoms in total. The molecule has 0 saturated heterocycles. The first kappa shape index (κ1) is 15.1. The fourth-order valence-corrected chi connectivity index (χ4v) is 3.44. The first-order chi connectivity index (χ1) is 11.8. The highest BCUT2D eigenvalue weighted by atomic mass is 32.2. The second kappa shape index (κ2) is 6.57. The van der Waals surface area contributed by atoms with Gasteiger partial charge in [-0.3, -0.25) is 0 Å². The van der Waals surface area contributed by atoms with Gasteiger partial charge in [0.15, 0.2) is 0 Å². The van der Waals surface area contributed by atoms with Crippen LogP contribution in [-0.2, 0) is 0 Å². The maximum Gasteiger partial charge on any atom is 0.148 e. The summed E-state index contributed by atoms with van der Waals surface area (Å²) >= 11 is 1.63. The third-order valence-electron chi connectivity index (χ3n) is 4.04. The first-order valence-corrected chi connectivity index (χ1v) is 8.94. The summed E-state index contributed by atoms with van der Waals surface area (Å²) in [6.07, 6.45) is 6.30. The van der Waals surface area contributed by atoms with Crippen LogP contribution in [0.1, 0.15) is 11.1 Å². The molecular formula is C20H18N2OS. The monoisotopic (exact) mass is 334 g/mol. The molecule has 0 bridgehead atoms. The van der Waals surface area contributed by atoms with Crippen LogP contribution in [0.4, 0.5) is 0 Å². The Morgan fingerprint density at radius 3 is 2.46 bits per heavy atom. The van der Waals surface area contributed by atoms with Gasteiger partial charge in [-0.15, -0.1) is 0 Å². The zero-order valence-corrected chi connectivity index (χ0v) is 14.3. The Balaban J connectivity index is 1.55. The van der Waals surface area contributed by atoms with Crippen molar-refractivity contribution in [2.24, 2.45) is 4.40 Å². The van der Waals surface area contributed by atoms with Gasteiger partial charge in [0.1, 0.15) is 17.3 Å². The summed E-state index contributed by atoms with van der Waals surface area (Å²) in [6.45, 7) is 3.08. The van der Waals surface area contributed by atoms with Gasteiger partial charge in [-0.25, -0.2) is 0 Å². The van der Waals surface area contributed by atoms with Crippen molar-refractivity contribution in [1.29, 1.82) is 0 Å². The van der Waals surface area contributed by atoms with Gasteiger partial charge in [-0.1, -0.05) is 29.8 Å². The Kier molecular flexibility index (Phi) is 4.13. The van der Waals surface area contributed by atoms with E-state index in [1.54, 1.807) is 11.9 Å². The highest BCUT2D eigenvalue weighted by molar-refractivity contribution is 7.98. The number of allylic oxidation sites excluding steroid dienone is 2. The number of rotatable bonds is 3. The summed E-state index contributed by atoms with van der Waals surface area (Å²) in [5.74, 6) is 3.77. The van der Waals surface area contributed by atoms with Gasteiger partial charge in [0.05, 0.1) is 0 Å². The number of hydrogen-bond acceptors (Lipinski definition) is 4. The molecule has 2 aliphatic rings. The number of aryl methyl sites for hydroxylation is 1. The second-order valence-corrected chi connectivity index (χ2v) is 6.65. The molecule has 0 aliphatic carbocycles. The molecule has 120 valence electrons. The average molecular weight is 334 g/mol. The molecule has 2 aromatic carbocycles. The van der Waals surface area contributed by atoms with Crippen LogP contribution in [-0.4, -0.2) is 23.0 Å². The van der Waals surface area contributed by atoms with Crippen molar-refractivity contribution in [3.8, 4) is 11.5 Å². The Bertz CT molecular complexity index is 820. The van der Waals surface area contributed by atoms with Crippen LogP contribution in [0.5, 0.6) is 11.5 Å². The predicted octanol–water partition coefficient (Wildman–Crippen LogP) is 5.06. The van der Waals surface area contributed by atoms with Gasteiger partial charge in [0.2, 0.25) is 0 Å². The summed E-state index contributed by atoms with van der Waals surface area (Å²) in [6, 6.07) is 16.3. The Morgan fingerprint density at radius 2 is 1.71 bits per heavy atom. The van der Waals surface area contributed by atoms with E-state index in [0.717, 1.165) is 40.8 Å². The normalized spacial score (nSPS) is 16.3. The zero-order chi connectivity index (χ0) is 16.4. The van der Waals surface area contributed by atoms with E-state index in [4.69, 9.17) is 4.74 Å². The molecule has 4 rings (SSSR count). The van der Waals surface area contributed by atoms with E-state index in [2.05, 4.69) is 58.8 Å².